The van der Waals surface area contributed by atoms with Crippen molar-refractivity contribution < 1.29 is 13.9 Å². The molecule has 4 aromatic rings. The Hall–Kier alpha value is -3.89. The van der Waals surface area contributed by atoms with Crippen LogP contribution in [0.1, 0.15) is 12.8 Å². The third kappa shape index (κ3) is 4.97. The fourth-order valence-corrected chi connectivity index (χ4v) is 5.00. The summed E-state index contributed by atoms with van der Waals surface area (Å²) in [5, 5.41) is 2.95. The zero-order valence-corrected chi connectivity index (χ0v) is 21.3. The van der Waals surface area contributed by atoms with Crippen LogP contribution < -0.4 is 10.2 Å². The summed E-state index contributed by atoms with van der Waals surface area (Å²) >= 11 is 0. The highest BCUT2D eigenvalue weighted by molar-refractivity contribution is 5.92. The van der Waals surface area contributed by atoms with E-state index in [1.54, 1.807) is 18.3 Å². The molecular weight excluding hydrogens is 485 g/mol. The number of nitrogens with one attached hydrogen (secondary N) is 1. The van der Waals surface area contributed by atoms with Crippen LogP contribution >= 0.6 is 0 Å². The molecule has 1 unspecified atom stereocenters. The van der Waals surface area contributed by atoms with E-state index in [4.69, 9.17) is 14.7 Å². The Morgan fingerprint density at radius 2 is 1.87 bits per heavy atom. The third-order valence-corrected chi connectivity index (χ3v) is 7.20. The first kappa shape index (κ1) is 24.4. The van der Waals surface area contributed by atoms with Crippen molar-refractivity contribution >= 4 is 28.7 Å². The Kier molecular flexibility index (Phi) is 6.73. The number of hydrogen-bond acceptors (Lipinski definition) is 7. The lowest BCUT2D eigenvalue weighted by Crippen LogP contribution is -2.44. The van der Waals surface area contributed by atoms with Gasteiger partial charge in [0.05, 0.1) is 18.2 Å². The Bertz CT molecular complexity index is 1440. The molecule has 1 aromatic carbocycles. The molecule has 1 atom stereocenters. The summed E-state index contributed by atoms with van der Waals surface area (Å²) in [6.45, 7) is 4.85. The van der Waals surface area contributed by atoms with Crippen molar-refractivity contribution in [3.63, 3.8) is 0 Å². The number of likely N-dealkylation sites (N-methyl/N-ethyl adjacent to an activating group) is 1. The van der Waals surface area contributed by atoms with Gasteiger partial charge in [0, 0.05) is 50.6 Å². The molecule has 0 aliphatic carbocycles. The molecule has 5 heterocycles. The van der Waals surface area contributed by atoms with Gasteiger partial charge in [-0.3, -0.25) is 9.36 Å². The summed E-state index contributed by atoms with van der Waals surface area (Å²) < 4.78 is 21.2. The standard InChI is InChI=1S/C28H30FN7O2/c1-34-12-14-35(15-13-34)25-9-8-23-27(33-25)36(26(31-23)19-4-6-21(29)7-5-19)22-10-11-30-24(17-22)32-28(37)20-3-2-16-38-18-20/h4-11,17,20H,2-3,12-16,18H2,1H3,(H,30,32,37). The van der Waals surface area contributed by atoms with Crippen molar-refractivity contribution in [3.05, 3.63) is 60.5 Å². The normalized spacial score (nSPS) is 18.6. The highest BCUT2D eigenvalue weighted by Gasteiger charge is 2.23. The van der Waals surface area contributed by atoms with Crippen LogP contribution in [0.4, 0.5) is 16.0 Å². The molecule has 2 aliphatic heterocycles. The minimum atomic E-state index is -0.313. The minimum absolute atomic E-state index is 0.0981. The number of benzene rings is 1. The second-order valence-electron chi connectivity index (χ2n) is 9.88. The monoisotopic (exact) mass is 515 g/mol. The van der Waals surface area contributed by atoms with E-state index in [2.05, 4.69) is 27.1 Å². The highest BCUT2D eigenvalue weighted by atomic mass is 19.1. The zero-order chi connectivity index (χ0) is 26.1. The molecule has 38 heavy (non-hydrogen) atoms. The quantitative estimate of drug-likeness (QED) is 0.433. The molecule has 1 amide bonds. The van der Waals surface area contributed by atoms with Crippen LogP contribution in [-0.2, 0) is 9.53 Å². The molecule has 0 saturated carbocycles. The summed E-state index contributed by atoms with van der Waals surface area (Å²) in [5.74, 6) is 1.36. The van der Waals surface area contributed by atoms with E-state index in [0.29, 0.717) is 30.5 Å². The predicted octanol–water partition coefficient (Wildman–Crippen LogP) is 3.74. The summed E-state index contributed by atoms with van der Waals surface area (Å²) in [6, 6.07) is 13.9. The van der Waals surface area contributed by atoms with E-state index in [0.717, 1.165) is 61.6 Å². The van der Waals surface area contributed by atoms with Gasteiger partial charge in [-0.2, -0.15) is 0 Å². The molecule has 0 bridgehead atoms. The molecule has 2 aliphatic rings. The topological polar surface area (TPSA) is 88.4 Å². The van der Waals surface area contributed by atoms with Crippen molar-refractivity contribution in [2.75, 3.05) is 56.7 Å². The maximum atomic E-state index is 13.7. The second-order valence-corrected chi connectivity index (χ2v) is 9.88. The molecule has 196 valence electrons. The van der Waals surface area contributed by atoms with Gasteiger partial charge in [-0.25, -0.2) is 19.3 Å². The summed E-state index contributed by atoms with van der Waals surface area (Å²) in [5.41, 5.74) is 2.92. The van der Waals surface area contributed by atoms with Crippen LogP contribution in [0.5, 0.6) is 0 Å². The van der Waals surface area contributed by atoms with Crippen LogP contribution in [0.2, 0.25) is 0 Å². The fourth-order valence-electron chi connectivity index (χ4n) is 5.00. The van der Waals surface area contributed by atoms with Crippen molar-refractivity contribution in [2.24, 2.45) is 5.92 Å². The molecule has 0 spiro atoms. The van der Waals surface area contributed by atoms with Crippen molar-refractivity contribution in [3.8, 4) is 17.1 Å². The smallest absolute Gasteiger partial charge is 0.230 e. The van der Waals surface area contributed by atoms with Crippen LogP contribution in [0, 0.1) is 11.7 Å². The van der Waals surface area contributed by atoms with Gasteiger partial charge in [0.25, 0.3) is 0 Å². The van der Waals surface area contributed by atoms with E-state index in [-0.39, 0.29) is 17.6 Å². The van der Waals surface area contributed by atoms with Crippen LogP contribution in [-0.4, -0.2) is 76.8 Å². The lowest BCUT2D eigenvalue weighted by molar-refractivity contribution is -0.123. The number of halogens is 1. The van der Waals surface area contributed by atoms with E-state index >= 15 is 0 Å². The zero-order valence-electron chi connectivity index (χ0n) is 21.3. The Morgan fingerprint density at radius 1 is 1.05 bits per heavy atom. The number of anilines is 2. The Balaban J connectivity index is 1.41. The van der Waals surface area contributed by atoms with E-state index in [1.165, 1.54) is 12.1 Å². The summed E-state index contributed by atoms with van der Waals surface area (Å²) in [4.78, 5) is 31.7. The second kappa shape index (κ2) is 10.5. The lowest BCUT2D eigenvalue weighted by atomic mass is 10.0. The molecule has 6 rings (SSSR count). The Labute approximate surface area is 220 Å². The predicted molar refractivity (Wildman–Crippen MR) is 144 cm³/mol. The first-order chi connectivity index (χ1) is 18.5. The number of pyridine rings is 2. The van der Waals surface area contributed by atoms with Crippen molar-refractivity contribution in [2.45, 2.75) is 12.8 Å². The minimum Gasteiger partial charge on any atom is -0.381 e. The number of nitrogens with zero attached hydrogens (tertiary/aromatic N) is 6. The number of carbonyl (C=O) groups excluding carboxylic acids is 1. The number of hydrogen-bond donors (Lipinski definition) is 1. The van der Waals surface area contributed by atoms with E-state index in [9.17, 15) is 9.18 Å². The van der Waals surface area contributed by atoms with Crippen LogP contribution in [0.25, 0.3) is 28.2 Å². The average molecular weight is 516 g/mol. The number of imidazole rings is 1. The van der Waals surface area contributed by atoms with Gasteiger partial charge in [-0.15, -0.1) is 0 Å². The van der Waals surface area contributed by atoms with Gasteiger partial charge in [-0.1, -0.05) is 0 Å². The molecule has 10 heteroatoms. The lowest BCUT2D eigenvalue weighted by Gasteiger charge is -2.33. The molecule has 3 aromatic heterocycles. The number of aromatic nitrogens is 4. The molecule has 1 N–H and O–H groups in total. The summed E-state index contributed by atoms with van der Waals surface area (Å²) in [6.07, 6.45) is 3.33. The number of rotatable bonds is 5. The van der Waals surface area contributed by atoms with Crippen molar-refractivity contribution in [1.82, 2.24) is 24.4 Å². The van der Waals surface area contributed by atoms with Gasteiger partial charge in [-0.05, 0) is 62.4 Å². The number of ether oxygens (including phenoxy) is 1. The molecule has 9 nitrogen and oxygen atoms in total. The molecule has 2 saturated heterocycles. The van der Waals surface area contributed by atoms with Gasteiger partial charge in [0.2, 0.25) is 5.91 Å². The fraction of sp³-hybridized carbons (Fsp3) is 0.357. The van der Waals surface area contributed by atoms with E-state index < -0.39 is 0 Å². The first-order valence-electron chi connectivity index (χ1n) is 13.0. The van der Waals surface area contributed by atoms with Gasteiger partial charge < -0.3 is 19.9 Å². The van der Waals surface area contributed by atoms with Gasteiger partial charge >= 0.3 is 0 Å². The molecular formula is C28H30FN7O2. The van der Waals surface area contributed by atoms with Crippen molar-refractivity contribution in [1.29, 1.82) is 0 Å². The van der Waals surface area contributed by atoms with Gasteiger partial charge in [0.15, 0.2) is 5.65 Å². The molecule has 0 radical (unpaired) electrons. The van der Waals surface area contributed by atoms with E-state index in [1.807, 2.05) is 28.8 Å². The SMILES string of the molecule is CN1CCN(c2ccc3nc(-c4ccc(F)cc4)n(-c4ccnc(NC(=O)C5CCCOC5)c4)c3n2)CC1. The first-order valence-corrected chi connectivity index (χ1v) is 13.0. The Morgan fingerprint density at radius 3 is 2.63 bits per heavy atom. The maximum Gasteiger partial charge on any atom is 0.230 e. The summed E-state index contributed by atoms with van der Waals surface area (Å²) in [7, 11) is 2.12. The largest absolute Gasteiger partial charge is 0.381 e. The van der Waals surface area contributed by atoms with Gasteiger partial charge in [0.1, 0.15) is 28.8 Å². The number of fused-ring (bicyclic) bond motifs is 1. The average Bonchev–Trinajstić information content (AvgIpc) is 3.33. The number of carbonyl (C=O) groups is 1. The molecule has 2 fully saturated rings. The number of amides is 1. The highest BCUT2D eigenvalue weighted by Crippen LogP contribution is 2.30. The number of piperazine rings is 1. The van der Waals surface area contributed by atoms with Crippen LogP contribution in [0.3, 0.4) is 0 Å². The third-order valence-electron chi connectivity index (χ3n) is 7.20. The maximum absolute atomic E-state index is 13.7. The van der Waals surface area contributed by atoms with Crippen LogP contribution in [0.15, 0.2) is 54.7 Å².